The minimum atomic E-state index is -4.40. The molecule has 5 nitrogen and oxygen atoms in total. The van der Waals surface area contributed by atoms with Gasteiger partial charge < -0.3 is 15.1 Å². The first-order chi connectivity index (χ1) is 12.4. The topological polar surface area (TPSA) is 57.5 Å². The van der Waals surface area contributed by atoms with Crippen LogP contribution in [0.15, 0.2) is 34.7 Å². The van der Waals surface area contributed by atoms with Gasteiger partial charge in [-0.25, -0.2) is 0 Å². The molecule has 9 heteroatoms. The highest BCUT2D eigenvalue weighted by Crippen LogP contribution is 2.27. The van der Waals surface area contributed by atoms with Crippen LogP contribution in [0, 0.1) is 0 Å². The Hall–Kier alpha value is -1.77. The molecule has 2 unspecified atom stereocenters. The Balaban J connectivity index is 0.00000261. The molecule has 0 saturated carbocycles. The summed E-state index contributed by atoms with van der Waals surface area (Å²) in [5, 5.41) is 6.34. The Labute approximate surface area is 161 Å². The zero-order valence-electron chi connectivity index (χ0n) is 14.9. The van der Waals surface area contributed by atoms with Gasteiger partial charge in [0, 0.05) is 38.1 Å². The summed E-state index contributed by atoms with van der Waals surface area (Å²) in [6, 6.07) is 7.38. The maximum Gasteiger partial charge on any atom is 0.405 e. The van der Waals surface area contributed by atoms with E-state index in [-0.39, 0.29) is 12.4 Å². The van der Waals surface area contributed by atoms with Crippen molar-refractivity contribution in [3.8, 4) is 0 Å². The summed E-state index contributed by atoms with van der Waals surface area (Å²) in [6.45, 7) is 2.79. The van der Waals surface area contributed by atoms with E-state index in [0.717, 1.165) is 5.39 Å². The molecule has 2 N–H and O–H groups in total. The number of rotatable bonds is 5. The molecule has 2 aromatic rings. The number of alkyl halides is 3. The fourth-order valence-electron chi connectivity index (χ4n) is 3.14. The molecule has 1 aliphatic heterocycles. The number of carbonyl (C=O) groups excluding carboxylic acids is 1. The van der Waals surface area contributed by atoms with Crippen molar-refractivity contribution in [2.24, 2.45) is 0 Å². The van der Waals surface area contributed by atoms with Gasteiger partial charge in [-0.05, 0) is 19.1 Å². The van der Waals surface area contributed by atoms with Crippen LogP contribution in [0.4, 0.5) is 13.2 Å². The van der Waals surface area contributed by atoms with E-state index in [2.05, 4.69) is 10.6 Å². The van der Waals surface area contributed by atoms with E-state index in [0.29, 0.717) is 37.5 Å². The molecule has 2 atom stereocenters. The van der Waals surface area contributed by atoms with Gasteiger partial charge in [0.05, 0.1) is 5.92 Å². The molecule has 1 aromatic heterocycles. The Kier molecular flexibility index (Phi) is 7.13. The van der Waals surface area contributed by atoms with Crippen LogP contribution >= 0.6 is 12.4 Å². The third-order valence-corrected chi connectivity index (χ3v) is 4.70. The monoisotopic (exact) mass is 405 g/mol. The summed E-state index contributed by atoms with van der Waals surface area (Å²) in [5.41, 5.74) is 0.649. The van der Waals surface area contributed by atoms with Crippen molar-refractivity contribution in [2.75, 3.05) is 32.7 Å². The summed E-state index contributed by atoms with van der Waals surface area (Å²) in [7, 11) is 0. The van der Waals surface area contributed by atoms with Crippen LogP contribution in [0.5, 0.6) is 0 Å². The third kappa shape index (κ3) is 5.15. The predicted octanol–water partition coefficient (Wildman–Crippen LogP) is 2.91. The number of halogens is 4. The van der Waals surface area contributed by atoms with Gasteiger partial charge in [-0.2, -0.15) is 13.2 Å². The van der Waals surface area contributed by atoms with Gasteiger partial charge in [0.15, 0.2) is 0 Å². The van der Waals surface area contributed by atoms with Gasteiger partial charge in [-0.3, -0.25) is 9.69 Å². The van der Waals surface area contributed by atoms with Gasteiger partial charge in [0.25, 0.3) is 0 Å². The number of hydrogen-bond donors (Lipinski definition) is 2. The lowest BCUT2D eigenvalue weighted by Gasteiger charge is -2.36. The lowest BCUT2D eigenvalue weighted by molar-refractivity contribution is -0.184. The van der Waals surface area contributed by atoms with Crippen LogP contribution in [-0.4, -0.2) is 55.7 Å². The van der Waals surface area contributed by atoms with E-state index in [1.807, 2.05) is 18.2 Å². The Morgan fingerprint density at radius 3 is 2.59 bits per heavy atom. The van der Waals surface area contributed by atoms with Gasteiger partial charge in [0.2, 0.25) is 5.91 Å². The van der Waals surface area contributed by atoms with Crippen molar-refractivity contribution in [1.29, 1.82) is 0 Å². The van der Waals surface area contributed by atoms with Crippen LogP contribution in [0.3, 0.4) is 0 Å². The largest absolute Gasteiger partial charge is 0.460 e. The second kappa shape index (κ2) is 8.95. The number of fused-ring (bicyclic) bond motifs is 1. The first kappa shape index (κ1) is 21.5. The molecule has 150 valence electrons. The predicted molar refractivity (Wildman–Crippen MR) is 99.2 cm³/mol. The van der Waals surface area contributed by atoms with Crippen LogP contribution in [0.25, 0.3) is 11.0 Å². The SMILES string of the molecule is CC(C(=O)NCC(N1CCNCC1)C(F)(F)F)c1cc2ccccc2o1.Cl. The van der Waals surface area contributed by atoms with Crippen molar-refractivity contribution < 1.29 is 22.4 Å². The van der Waals surface area contributed by atoms with E-state index < -0.39 is 30.6 Å². The lowest BCUT2D eigenvalue weighted by atomic mass is 10.1. The molecule has 0 spiro atoms. The molecular formula is C18H23ClF3N3O2. The van der Waals surface area contributed by atoms with Crippen LogP contribution in [-0.2, 0) is 4.79 Å². The zero-order valence-corrected chi connectivity index (χ0v) is 15.7. The van der Waals surface area contributed by atoms with Crippen LogP contribution in [0.1, 0.15) is 18.6 Å². The molecular weight excluding hydrogens is 383 g/mol. The molecule has 2 heterocycles. The maximum atomic E-state index is 13.4. The van der Waals surface area contributed by atoms with E-state index in [4.69, 9.17) is 4.42 Å². The van der Waals surface area contributed by atoms with E-state index in [1.54, 1.807) is 19.1 Å². The Bertz CT molecular complexity index is 727. The smallest absolute Gasteiger partial charge is 0.405 e. The summed E-state index contributed by atoms with van der Waals surface area (Å²) in [6.07, 6.45) is -4.40. The Morgan fingerprint density at radius 1 is 1.30 bits per heavy atom. The fourth-order valence-corrected chi connectivity index (χ4v) is 3.14. The molecule has 0 aliphatic carbocycles. The van der Waals surface area contributed by atoms with Gasteiger partial charge in [0.1, 0.15) is 17.4 Å². The highest BCUT2D eigenvalue weighted by Gasteiger charge is 2.44. The maximum absolute atomic E-state index is 13.4. The molecule has 1 aromatic carbocycles. The van der Waals surface area contributed by atoms with Crippen molar-refractivity contribution in [3.63, 3.8) is 0 Å². The van der Waals surface area contributed by atoms with Crippen molar-refractivity contribution in [1.82, 2.24) is 15.5 Å². The van der Waals surface area contributed by atoms with Gasteiger partial charge >= 0.3 is 6.18 Å². The number of benzene rings is 1. The second-order valence-electron chi connectivity index (χ2n) is 6.50. The molecule has 1 fully saturated rings. The molecule has 27 heavy (non-hydrogen) atoms. The number of piperazine rings is 1. The summed E-state index contributed by atoms with van der Waals surface area (Å²) in [4.78, 5) is 13.7. The quantitative estimate of drug-likeness (QED) is 0.803. The minimum Gasteiger partial charge on any atom is -0.460 e. The van der Waals surface area contributed by atoms with E-state index in [1.165, 1.54) is 4.90 Å². The molecule has 0 bridgehead atoms. The lowest BCUT2D eigenvalue weighted by Crippen LogP contribution is -2.57. The molecule has 3 rings (SSSR count). The number of nitrogens with one attached hydrogen (secondary N) is 2. The standard InChI is InChI=1S/C18H22F3N3O2.ClH/c1-12(15-10-13-4-2-3-5-14(13)26-15)17(25)23-11-16(18(19,20)21)24-8-6-22-7-9-24;/h2-5,10,12,16,22H,6-9,11H2,1H3,(H,23,25);1H. The molecule has 1 amide bonds. The molecule has 1 aliphatic rings. The van der Waals surface area contributed by atoms with Gasteiger partial charge in [-0.1, -0.05) is 18.2 Å². The molecule has 0 radical (unpaired) electrons. The van der Waals surface area contributed by atoms with E-state index in [9.17, 15) is 18.0 Å². The Morgan fingerprint density at radius 2 is 1.96 bits per heavy atom. The summed E-state index contributed by atoms with van der Waals surface area (Å²) in [5.74, 6) is -0.706. The number of nitrogens with zero attached hydrogens (tertiary/aromatic N) is 1. The average Bonchev–Trinajstić information content (AvgIpc) is 3.05. The first-order valence-electron chi connectivity index (χ1n) is 8.64. The second-order valence-corrected chi connectivity index (χ2v) is 6.50. The van der Waals surface area contributed by atoms with Crippen LogP contribution < -0.4 is 10.6 Å². The first-order valence-corrected chi connectivity index (χ1v) is 8.64. The number of para-hydroxylation sites is 1. The van der Waals surface area contributed by atoms with Crippen molar-refractivity contribution >= 4 is 29.3 Å². The number of amides is 1. The fraction of sp³-hybridized carbons (Fsp3) is 0.500. The van der Waals surface area contributed by atoms with Crippen LogP contribution in [0.2, 0.25) is 0 Å². The van der Waals surface area contributed by atoms with E-state index >= 15 is 0 Å². The number of furan rings is 1. The van der Waals surface area contributed by atoms with Crippen molar-refractivity contribution in [2.45, 2.75) is 25.1 Å². The minimum absolute atomic E-state index is 0. The number of carbonyl (C=O) groups is 1. The number of hydrogen-bond acceptors (Lipinski definition) is 4. The highest BCUT2D eigenvalue weighted by atomic mass is 35.5. The van der Waals surface area contributed by atoms with Crippen molar-refractivity contribution in [3.05, 3.63) is 36.1 Å². The zero-order chi connectivity index (χ0) is 18.7. The third-order valence-electron chi connectivity index (χ3n) is 4.70. The molecule has 1 saturated heterocycles. The highest BCUT2D eigenvalue weighted by molar-refractivity contribution is 5.85. The van der Waals surface area contributed by atoms with Gasteiger partial charge in [-0.15, -0.1) is 12.4 Å². The normalized spacial score (nSPS) is 17.9. The summed E-state index contributed by atoms with van der Waals surface area (Å²) < 4.78 is 45.8. The summed E-state index contributed by atoms with van der Waals surface area (Å²) >= 11 is 0. The average molecular weight is 406 g/mol.